The Bertz CT molecular complexity index is 1130. The number of nitrogens with zero attached hydrogens (tertiary/aromatic N) is 5. The lowest BCUT2D eigenvalue weighted by Crippen LogP contribution is -2.40. The van der Waals surface area contributed by atoms with Crippen molar-refractivity contribution < 1.29 is 4.79 Å². The van der Waals surface area contributed by atoms with Crippen LogP contribution >= 0.6 is 0 Å². The summed E-state index contributed by atoms with van der Waals surface area (Å²) in [6.07, 6.45) is 7.60. The van der Waals surface area contributed by atoms with Gasteiger partial charge in [-0.3, -0.25) is 14.9 Å². The van der Waals surface area contributed by atoms with Crippen molar-refractivity contribution >= 4 is 16.8 Å². The van der Waals surface area contributed by atoms with E-state index in [2.05, 4.69) is 24.7 Å². The van der Waals surface area contributed by atoms with Gasteiger partial charge in [0.25, 0.3) is 5.91 Å². The molecule has 0 aliphatic carbocycles. The molecule has 1 amide bonds. The Labute approximate surface area is 168 Å². The third-order valence-corrected chi connectivity index (χ3v) is 5.55. The summed E-state index contributed by atoms with van der Waals surface area (Å²) < 4.78 is 2.14. The van der Waals surface area contributed by atoms with Crippen LogP contribution in [0.5, 0.6) is 0 Å². The van der Waals surface area contributed by atoms with Crippen LogP contribution in [0.1, 0.15) is 40.8 Å². The molecule has 4 heterocycles. The van der Waals surface area contributed by atoms with Gasteiger partial charge in [-0.05, 0) is 31.0 Å². The topological polar surface area (TPSA) is 79.7 Å². The lowest BCUT2D eigenvalue weighted by atomic mass is 9.96. The van der Waals surface area contributed by atoms with Gasteiger partial charge in [-0.1, -0.05) is 24.3 Å². The van der Waals surface area contributed by atoms with E-state index in [1.807, 2.05) is 59.8 Å². The first-order valence-corrected chi connectivity index (χ1v) is 9.93. The summed E-state index contributed by atoms with van der Waals surface area (Å²) in [4.78, 5) is 24.1. The minimum absolute atomic E-state index is 0.0185. The van der Waals surface area contributed by atoms with E-state index in [1.165, 1.54) is 0 Å². The lowest BCUT2D eigenvalue weighted by Gasteiger charge is -2.32. The zero-order chi connectivity index (χ0) is 19.6. The van der Waals surface area contributed by atoms with E-state index in [-0.39, 0.29) is 11.8 Å². The molecule has 146 valence electrons. The number of imidazole rings is 1. The van der Waals surface area contributed by atoms with Crippen LogP contribution in [-0.4, -0.2) is 48.6 Å². The largest absolute Gasteiger partial charge is 0.337 e. The minimum Gasteiger partial charge on any atom is -0.337 e. The maximum atomic E-state index is 13.2. The van der Waals surface area contributed by atoms with Gasteiger partial charge in [-0.2, -0.15) is 5.10 Å². The smallest absolute Gasteiger partial charge is 0.275 e. The van der Waals surface area contributed by atoms with Crippen molar-refractivity contribution in [2.24, 2.45) is 0 Å². The normalized spacial score (nSPS) is 17.0. The number of carbonyl (C=O) groups is 1. The second kappa shape index (κ2) is 7.50. The summed E-state index contributed by atoms with van der Waals surface area (Å²) in [6.45, 7) is 2.08. The lowest BCUT2D eigenvalue weighted by molar-refractivity contribution is 0.0699. The molecule has 1 saturated heterocycles. The van der Waals surface area contributed by atoms with E-state index in [0.29, 0.717) is 18.8 Å². The second-order valence-electron chi connectivity index (χ2n) is 7.44. The first kappa shape index (κ1) is 17.6. The highest BCUT2D eigenvalue weighted by molar-refractivity contribution is 6.04. The Kier molecular flexibility index (Phi) is 4.56. The fourth-order valence-electron chi connectivity index (χ4n) is 4.13. The van der Waals surface area contributed by atoms with Crippen molar-refractivity contribution in [2.75, 3.05) is 13.1 Å². The molecule has 0 unspecified atom stereocenters. The average molecular weight is 386 g/mol. The highest BCUT2D eigenvalue weighted by Gasteiger charge is 2.29. The predicted octanol–water partition coefficient (Wildman–Crippen LogP) is 3.22. The van der Waals surface area contributed by atoms with Crippen molar-refractivity contribution in [3.05, 3.63) is 78.3 Å². The Balaban J connectivity index is 1.36. The van der Waals surface area contributed by atoms with Crippen LogP contribution in [0.15, 0.2) is 61.1 Å². The third-order valence-electron chi connectivity index (χ3n) is 5.55. The third kappa shape index (κ3) is 3.40. The summed E-state index contributed by atoms with van der Waals surface area (Å²) in [7, 11) is 0. The van der Waals surface area contributed by atoms with Crippen molar-refractivity contribution in [1.82, 2.24) is 29.6 Å². The maximum absolute atomic E-state index is 13.2. The summed E-state index contributed by atoms with van der Waals surface area (Å²) in [5.41, 5.74) is 2.38. The summed E-state index contributed by atoms with van der Waals surface area (Å²) in [5.74, 6) is 1.20. The van der Waals surface area contributed by atoms with Crippen LogP contribution in [0.4, 0.5) is 0 Å². The van der Waals surface area contributed by atoms with Gasteiger partial charge < -0.3 is 9.47 Å². The van der Waals surface area contributed by atoms with Gasteiger partial charge >= 0.3 is 0 Å². The van der Waals surface area contributed by atoms with Crippen LogP contribution in [0, 0.1) is 0 Å². The number of aromatic amines is 1. The van der Waals surface area contributed by atoms with Crippen LogP contribution in [0.25, 0.3) is 10.9 Å². The second-order valence-corrected chi connectivity index (χ2v) is 7.44. The van der Waals surface area contributed by atoms with E-state index in [4.69, 9.17) is 0 Å². The number of nitrogens with one attached hydrogen (secondary N) is 1. The highest BCUT2D eigenvalue weighted by Crippen LogP contribution is 2.28. The number of rotatable bonds is 4. The van der Waals surface area contributed by atoms with E-state index < -0.39 is 0 Å². The minimum atomic E-state index is -0.0185. The molecule has 0 bridgehead atoms. The molecule has 1 N–H and O–H groups in total. The molecule has 4 aromatic rings. The molecule has 29 heavy (non-hydrogen) atoms. The molecule has 1 fully saturated rings. The number of pyridine rings is 1. The van der Waals surface area contributed by atoms with Crippen LogP contribution in [0.3, 0.4) is 0 Å². The molecule has 0 saturated carbocycles. The van der Waals surface area contributed by atoms with Gasteiger partial charge in [0.05, 0.1) is 17.8 Å². The standard InChI is InChI=1S/C22H22N6O/c29-22(20-18-8-1-2-9-19(18)25-26-20)28-12-5-6-16(14-28)21-24-11-13-27(21)15-17-7-3-4-10-23-17/h1-4,7-11,13,16H,5-6,12,14-15H2,(H,25,26)/t16-/m1/s1. The first-order valence-electron chi connectivity index (χ1n) is 9.93. The number of para-hydroxylation sites is 1. The quantitative estimate of drug-likeness (QED) is 0.584. The molecule has 5 rings (SSSR count). The fourth-order valence-corrected chi connectivity index (χ4v) is 4.13. The molecule has 7 heteroatoms. The SMILES string of the molecule is O=C(c1n[nH]c2ccccc12)N1CCC[C@@H](c2nccn2Cc2ccccn2)C1. The van der Waals surface area contributed by atoms with Crippen LogP contribution in [-0.2, 0) is 6.54 Å². The molecule has 3 aromatic heterocycles. The Morgan fingerprint density at radius 2 is 2.00 bits per heavy atom. The van der Waals surface area contributed by atoms with Crippen molar-refractivity contribution in [1.29, 1.82) is 0 Å². The Hall–Kier alpha value is -3.48. The number of piperidine rings is 1. The number of hydrogen-bond donors (Lipinski definition) is 1. The summed E-state index contributed by atoms with van der Waals surface area (Å²) in [5, 5.41) is 8.12. The van der Waals surface area contributed by atoms with Gasteiger partial charge in [0, 0.05) is 43.0 Å². The fraction of sp³-hybridized carbons (Fsp3) is 0.273. The van der Waals surface area contributed by atoms with E-state index >= 15 is 0 Å². The average Bonchev–Trinajstić information content (AvgIpc) is 3.41. The van der Waals surface area contributed by atoms with Crippen molar-refractivity contribution in [2.45, 2.75) is 25.3 Å². The number of fused-ring (bicyclic) bond motifs is 1. The Morgan fingerprint density at radius 1 is 1.10 bits per heavy atom. The monoisotopic (exact) mass is 386 g/mol. The van der Waals surface area contributed by atoms with E-state index in [0.717, 1.165) is 41.8 Å². The number of benzene rings is 1. The molecule has 1 aromatic carbocycles. The van der Waals surface area contributed by atoms with Crippen molar-refractivity contribution in [3.63, 3.8) is 0 Å². The number of amides is 1. The number of aromatic nitrogens is 5. The number of carbonyl (C=O) groups excluding carboxylic acids is 1. The van der Waals surface area contributed by atoms with Gasteiger partial charge in [0.15, 0.2) is 5.69 Å². The maximum Gasteiger partial charge on any atom is 0.275 e. The van der Waals surface area contributed by atoms with E-state index in [9.17, 15) is 4.79 Å². The molecule has 0 radical (unpaired) electrons. The predicted molar refractivity (Wildman–Crippen MR) is 110 cm³/mol. The van der Waals surface area contributed by atoms with Gasteiger partial charge in [0.1, 0.15) is 5.82 Å². The number of likely N-dealkylation sites (tertiary alicyclic amines) is 1. The van der Waals surface area contributed by atoms with Gasteiger partial charge in [-0.15, -0.1) is 0 Å². The number of hydrogen-bond acceptors (Lipinski definition) is 4. The zero-order valence-electron chi connectivity index (χ0n) is 16.0. The summed E-state index contributed by atoms with van der Waals surface area (Å²) in [6, 6.07) is 13.7. The van der Waals surface area contributed by atoms with Crippen molar-refractivity contribution in [3.8, 4) is 0 Å². The molecule has 0 spiro atoms. The molecular weight excluding hydrogens is 364 g/mol. The van der Waals surface area contributed by atoms with Crippen LogP contribution < -0.4 is 0 Å². The molecular formula is C22H22N6O. The number of H-pyrrole nitrogens is 1. The summed E-state index contributed by atoms with van der Waals surface area (Å²) >= 11 is 0. The molecule has 1 atom stereocenters. The van der Waals surface area contributed by atoms with E-state index in [1.54, 1.807) is 6.20 Å². The molecule has 1 aliphatic heterocycles. The molecule has 1 aliphatic rings. The van der Waals surface area contributed by atoms with Gasteiger partial charge in [0.2, 0.25) is 0 Å². The first-order chi connectivity index (χ1) is 14.3. The zero-order valence-corrected chi connectivity index (χ0v) is 16.0. The highest BCUT2D eigenvalue weighted by atomic mass is 16.2. The molecule has 7 nitrogen and oxygen atoms in total. The van der Waals surface area contributed by atoms with Crippen LogP contribution in [0.2, 0.25) is 0 Å². The van der Waals surface area contributed by atoms with Gasteiger partial charge in [-0.25, -0.2) is 4.98 Å². The Morgan fingerprint density at radius 3 is 2.90 bits per heavy atom.